The van der Waals surface area contributed by atoms with Gasteiger partial charge in [-0.1, -0.05) is 45.0 Å². The van der Waals surface area contributed by atoms with Crippen molar-refractivity contribution < 1.29 is 69.2 Å². The van der Waals surface area contributed by atoms with Crippen molar-refractivity contribution in [2.24, 2.45) is 22.7 Å². The molecule has 3 aliphatic rings. The molecule has 2 aromatic carbocycles. The second-order valence-corrected chi connectivity index (χ2v) is 21.3. The molecule has 2 amide bonds. The minimum atomic E-state index is -5.04. The third-order valence-electron chi connectivity index (χ3n) is 14.7. The summed E-state index contributed by atoms with van der Waals surface area (Å²) >= 11 is 0. The average molecular weight is 1080 g/mol. The van der Waals surface area contributed by atoms with Gasteiger partial charge in [0.15, 0.2) is 5.78 Å². The SMILES string of the molecule is COC(=O)C[C@H](C(=O)NN(Cc1c(F)cc(-c2ccn(C(F)F)n2)cc1F)C[C@H](O)[C@@H](CC(=O)[C@@H](NC(=O)OC)C(C)(C)C(F)(F)F)Cc1ccc(-c2cnc(N3CC4CCC(C3)N4C3COC3)nc2)cc1)C(C)(C)C. The van der Waals surface area contributed by atoms with E-state index in [0.29, 0.717) is 40.8 Å². The number of hydrogen-bond donors (Lipinski definition) is 3. The van der Waals surface area contributed by atoms with Gasteiger partial charge in [0, 0.05) is 80.0 Å². The van der Waals surface area contributed by atoms with E-state index in [0.717, 1.165) is 96.6 Å². The molecule has 0 aliphatic carbocycles. The lowest BCUT2D eigenvalue weighted by atomic mass is 9.77. The van der Waals surface area contributed by atoms with Gasteiger partial charge in [-0.05, 0) is 73.8 Å². The van der Waals surface area contributed by atoms with Gasteiger partial charge in [-0.25, -0.2) is 33.2 Å². The van der Waals surface area contributed by atoms with E-state index >= 15 is 8.78 Å². The summed E-state index contributed by atoms with van der Waals surface area (Å²) in [6, 6.07) is 8.61. The second kappa shape index (κ2) is 23.6. The summed E-state index contributed by atoms with van der Waals surface area (Å²) < 4.78 is 118. The molecule has 0 saturated carbocycles. The van der Waals surface area contributed by atoms with Crippen molar-refractivity contribution in [1.29, 1.82) is 0 Å². The monoisotopic (exact) mass is 1080 g/mol. The molecular formula is C52H64F7N9O8. The number of halogens is 7. The number of aliphatic hydroxyl groups is 1. The number of anilines is 1. The molecule has 414 valence electrons. The summed E-state index contributed by atoms with van der Waals surface area (Å²) in [5, 5.41) is 18.8. The van der Waals surface area contributed by atoms with Gasteiger partial charge < -0.3 is 29.5 Å². The van der Waals surface area contributed by atoms with E-state index in [2.05, 4.69) is 25.1 Å². The molecule has 5 heterocycles. The van der Waals surface area contributed by atoms with Crippen LogP contribution in [0.15, 0.2) is 61.1 Å². The summed E-state index contributed by atoms with van der Waals surface area (Å²) in [5.41, 5.74) is -0.454. The number of alkyl halides is 5. The molecule has 0 spiro atoms. The summed E-state index contributed by atoms with van der Waals surface area (Å²) in [5.74, 6) is -7.01. The molecule has 3 fully saturated rings. The lowest BCUT2D eigenvalue weighted by Crippen LogP contribution is -2.62. The quantitative estimate of drug-likeness (QED) is 0.0428. The van der Waals surface area contributed by atoms with Crippen LogP contribution in [0.5, 0.6) is 0 Å². The number of fused-ring (bicyclic) bond motifs is 2. The Kier molecular flexibility index (Phi) is 17.8. The van der Waals surface area contributed by atoms with Crippen LogP contribution in [0.3, 0.4) is 0 Å². The van der Waals surface area contributed by atoms with Gasteiger partial charge in [0.05, 0.1) is 63.0 Å². The number of benzene rings is 2. The highest BCUT2D eigenvalue weighted by molar-refractivity contribution is 5.88. The van der Waals surface area contributed by atoms with E-state index in [-0.39, 0.29) is 22.4 Å². The largest absolute Gasteiger partial charge is 0.469 e. The molecule has 3 N–H and O–H groups in total. The van der Waals surface area contributed by atoms with Crippen LogP contribution in [-0.2, 0) is 41.6 Å². The molecular weight excluding hydrogens is 1010 g/mol. The van der Waals surface area contributed by atoms with Crippen LogP contribution in [0, 0.1) is 34.3 Å². The number of piperazine rings is 1. The smallest absolute Gasteiger partial charge is 0.407 e. The maximum Gasteiger partial charge on any atom is 0.407 e. The molecule has 76 heavy (non-hydrogen) atoms. The number of Topliss-reactive ketones (excluding diaryl/α,β-unsaturated/α-hetero) is 1. The molecule has 2 aromatic heterocycles. The summed E-state index contributed by atoms with van der Waals surface area (Å²) in [4.78, 5) is 67.5. The number of hydrazine groups is 1. The maximum absolute atomic E-state index is 16.1. The Morgan fingerprint density at radius 1 is 0.855 bits per heavy atom. The normalized spacial score (nSPS) is 19.0. The van der Waals surface area contributed by atoms with Crippen molar-refractivity contribution in [1.82, 2.24) is 40.4 Å². The molecule has 7 rings (SSSR count). The lowest BCUT2D eigenvalue weighted by Gasteiger charge is -2.47. The highest BCUT2D eigenvalue weighted by atomic mass is 19.4. The van der Waals surface area contributed by atoms with Gasteiger partial charge >= 0.3 is 24.8 Å². The minimum Gasteiger partial charge on any atom is -0.469 e. The molecule has 24 heteroatoms. The standard InChI is InChI=1S/C52H64F7N9O8/c1-50(2,3)38(20-44(71)74-6)46(72)64-66(25-37-39(53)17-31(18-40(37)54)41-14-15-67(63-41)47(55)56)26-43(70)32(19-42(69)45(62-49(73)75-7)51(4,5)52(57,58)59)16-29-8-10-30(11-9-29)33-21-60-48(61-22-33)65-23-34-12-13-35(24-65)68(34)36-27-76-28-36/h8-11,14-15,17-18,21-22,32,34-36,38,43,45,47,70H,12-13,16,19-20,23-28H2,1-7H3,(H,62,73)(H,64,72)/t32-,34?,35?,38-,43+,45-/m1/s1. The molecule has 3 aliphatic heterocycles. The summed E-state index contributed by atoms with van der Waals surface area (Å²) in [6.45, 7) is 4.91. The fraction of sp³-hybridized carbons (Fsp3) is 0.558. The molecule has 6 atom stereocenters. The number of aliphatic hydroxyl groups excluding tert-OH is 1. The second-order valence-electron chi connectivity index (χ2n) is 21.3. The lowest BCUT2D eigenvalue weighted by molar-refractivity contribution is -0.220. The number of amides is 2. The van der Waals surface area contributed by atoms with Crippen molar-refractivity contribution in [3.63, 3.8) is 0 Å². The Labute approximate surface area is 435 Å². The fourth-order valence-corrected chi connectivity index (χ4v) is 10.1. The van der Waals surface area contributed by atoms with Crippen LogP contribution in [0.2, 0.25) is 0 Å². The number of aromatic nitrogens is 4. The Morgan fingerprint density at radius 3 is 1.99 bits per heavy atom. The van der Waals surface area contributed by atoms with Gasteiger partial charge in [-0.15, -0.1) is 0 Å². The minimum absolute atomic E-state index is 0.187. The molecule has 0 radical (unpaired) electrons. The van der Waals surface area contributed by atoms with Gasteiger partial charge in [0.1, 0.15) is 17.7 Å². The van der Waals surface area contributed by atoms with Gasteiger partial charge in [-0.3, -0.25) is 24.7 Å². The summed E-state index contributed by atoms with van der Waals surface area (Å²) in [7, 11) is 2.03. The van der Waals surface area contributed by atoms with Gasteiger partial charge in [-0.2, -0.15) is 27.1 Å². The number of nitrogens with one attached hydrogen (secondary N) is 2. The van der Waals surface area contributed by atoms with Gasteiger partial charge in [0.2, 0.25) is 11.9 Å². The molecule has 4 aromatic rings. The zero-order valence-corrected chi connectivity index (χ0v) is 43.3. The Morgan fingerprint density at radius 2 is 1.47 bits per heavy atom. The van der Waals surface area contributed by atoms with Crippen LogP contribution in [0.4, 0.5) is 41.5 Å². The maximum atomic E-state index is 16.1. The predicted octanol–water partition coefficient (Wildman–Crippen LogP) is 7.28. The van der Waals surface area contributed by atoms with E-state index in [1.807, 2.05) is 5.32 Å². The number of methoxy groups -OCH3 is 2. The number of ketones is 1. The highest BCUT2D eigenvalue weighted by Gasteiger charge is 2.56. The number of nitrogens with zero attached hydrogens (tertiary/aromatic N) is 7. The number of esters is 1. The predicted molar refractivity (Wildman–Crippen MR) is 262 cm³/mol. The molecule has 17 nitrogen and oxygen atoms in total. The molecule has 3 saturated heterocycles. The Bertz CT molecular complexity index is 2650. The van der Waals surface area contributed by atoms with Crippen LogP contribution >= 0.6 is 0 Å². The third kappa shape index (κ3) is 13.3. The first-order chi connectivity index (χ1) is 35.8. The first-order valence-electron chi connectivity index (χ1n) is 24.8. The van der Waals surface area contributed by atoms with E-state index in [1.165, 1.54) is 0 Å². The molecule has 2 unspecified atom stereocenters. The fourth-order valence-electron chi connectivity index (χ4n) is 10.1. The number of carbonyl (C=O) groups is 4. The van der Waals surface area contributed by atoms with Crippen molar-refractivity contribution in [3.8, 4) is 22.4 Å². The molecule has 2 bridgehead atoms. The van der Waals surface area contributed by atoms with Crippen LogP contribution in [0.1, 0.15) is 78.0 Å². The van der Waals surface area contributed by atoms with Crippen molar-refractivity contribution in [3.05, 3.63) is 83.8 Å². The number of rotatable bonds is 21. The highest BCUT2D eigenvalue weighted by Crippen LogP contribution is 2.42. The number of ether oxygens (including phenoxy) is 3. The van der Waals surface area contributed by atoms with Crippen LogP contribution in [-0.4, -0.2) is 142 Å². The zero-order chi connectivity index (χ0) is 55.4. The van der Waals surface area contributed by atoms with E-state index in [4.69, 9.17) is 19.4 Å². The first kappa shape index (κ1) is 57.5. The van der Waals surface area contributed by atoms with Crippen molar-refractivity contribution in [2.75, 3.05) is 52.0 Å². The van der Waals surface area contributed by atoms with Gasteiger partial charge in [0.25, 0.3) is 0 Å². The number of hydrogen-bond acceptors (Lipinski definition) is 14. The third-order valence-corrected chi connectivity index (χ3v) is 14.7. The van der Waals surface area contributed by atoms with Crippen molar-refractivity contribution in [2.45, 2.75) is 116 Å². The topological polar surface area (TPSA) is 194 Å². The number of alkyl carbamates (subject to hydrolysis) is 1. The van der Waals surface area contributed by atoms with Crippen LogP contribution < -0.4 is 15.6 Å². The van der Waals surface area contributed by atoms with Crippen LogP contribution in [0.25, 0.3) is 22.4 Å². The van der Waals surface area contributed by atoms with Crippen molar-refractivity contribution >= 4 is 29.7 Å². The zero-order valence-electron chi connectivity index (χ0n) is 43.3. The average Bonchev–Trinajstić information content (AvgIpc) is 3.94. The first-order valence-corrected chi connectivity index (χ1v) is 24.8. The number of carbonyl (C=O) groups excluding carboxylic acids is 4. The summed E-state index contributed by atoms with van der Waals surface area (Å²) in [6.07, 6.45) is -3.10. The van der Waals surface area contributed by atoms with E-state index in [1.54, 1.807) is 57.4 Å². The Balaban J connectivity index is 1.18. The van der Waals surface area contributed by atoms with E-state index in [9.17, 15) is 46.2 Å². The Hall–Kier alpha value is -6.24. The van der Waals surface area contributed by atoms with E-state index < -0.39 is 114 Å².